The number of aromatic nitrogens is 2. The zero-order valence-corrected chi connectivity index (χ0v) is 16.5. The van der Waals surface area contributed by atoms with Crippen LogP contribution >= 0.6 is 0 Å². The van der Waals surface area contributed by atoms with E-state index in [-0.39, 0.29) is 0 Å². The van der Waals surface area contributed by atoms with Gasteiger partial charge >= 0.3 is 0 Å². The molecule has 2 fully saturated rings. The van der Waals surface area contributed by atoms with Crippen molar-refractivity contribution < 1.29 is 14.2 Å². The van der Waals surface area contributed by atoms with Crippen LogP contribution < -0.4 is 10.1 Å². The molecule has 3 heterocycles. The smallest absolute Gasteiger partial charge is 0.118 e. The molecule has 7 heteroatoms. The zero-order valence-electron chi connectivity index (χ0n) is 16.5. The number of benzene rings is 1. The first-order valence-corrected chi connectivity index (χ1v) is 10.1. The summed E-state index contributed by atoms with van der Waals surface area (Å²) < 4.78 is 16.5. The molecule has 0 spiro atoms. The van der Waals surface area contributed by atoms with Crippen LogP contribution in [-0.4, -0.2) is 74.3 Å². The molecule has 4 rings (SSSR count). The lowest BCUT2D eigenvalue weighted by Crippen LogP contribution is -2.51. The van der Waals surface area contributed by atoms with Gasteiger partial charge < -0.3 is 19.5 Å². The quantitative estimate of drug-likeness (QED) is 0.722. The first-order valence-electron chi connectivity index (χ1n) is 10.1. The van der Waals surface area contributed by atoms with E-state index in [0.29, 0.717) is 12.0 Å². The largest absolute Gasteiger partial charge is 0.497 e. The molecule has 0 bridgehead atoms. The molecule has 152 valence electrons. The monoisotopic (exact) mass is 386 g/mol. The minimum absolute atomic E-state index is 0.489. The fourth-order valence-electron chi connectivity index (χ4n) is 4.17. The molecule has 2 saturated heterocycles. The molecule has 2 aromatic rings. The van der Waals surface area contributed by atoms with Crippen LogP contribution in [-0.2, 0) is 16.0 Å². The molecular weight excluding hydrogens is 356 g/mol. The molecule has 2 atom stereocenters. The highest BCUT2D eigenvalue weighted by Crippen LogP contribution is 2.25. The predicted molar refractivity (Wildman–Crippen MR) is 107 cm³/mol. The lowest BCUT2D eigenvalue weighted by atomic mass is 9.96. The molecule has 1 aromatic heterocycles. The van der Waals surface area contributed by atoms with Gasteiger partial charge in [-0.15, -0.1) is 0 Å². The minimum atomic E-state index is 0.489. The Balaban J connectivity index is 1.38. The van der Waals surface area contributed by atoms with Crippen molar-refractivity contribution in [2.75, 3.05) is 53.2 Å². The second-order valence-electron chi connectivity index (χ2n) is 7.47. The summed E-state index contributed by atoms with van der Waals surface area (Å²) in [7, 11) is 1.68. The van der Waals surface area contributed by atoms with Crippen LogP contribution in [0.1, 0.15) is 12.0 Å². The third-order valence-corrected chi connectivity index (χ3v) is 5.79. The van der Waals surface area contributed by atoms with E-state index in [0.717, 1.165) is 76.0 Å². The standard InChI is InChI=1S/C21H30N4O3/c1-26-19-4-2-16(3-5-19)21-18(13-23-24-21)12-22-14-20(17-6-9-28-15-17)25-7-10-27-11-8-25/h2-5,13,17,20,22H,6-12,14-15H2,1H3,(H,23,24)/t17-,20-/m1/s1. The van der Waals surface area contributed by atoms with Crippen LogP contribution in [0.4, 0.5) is 0 Å². The van der Waals surface area contributed by atoms with Crippen LogP contribution in [0.15, 0.2) is 30.5 Å². The van der Waals surface area contributed by atoms with Gasteiger partial charge in [0, 0.05) is 55.9 Å². The highest BCUT2D eigenvalue weighted by atomic mass is 16.5. The highest BCUT2D eigenvalue weighted by Gasteiger charge is 2.31. The number of hydrogen-bond acceptors (Lipinski definition) is 6. The van der Waals surface area contributed by atoms with Gasteiger partial charge in [0.25, 0.3) is 0 Å². The van der Waals surface area contributed by atoms with Crippen molar-refractivity contribution in [3.8, 4) is 17.0 Å². The summed E-state index contributed by atoms with van der Waals surface area (Å²) in [4.78, 5) is 2.57. The van der Waals surface area contributed by atoms with E-state index >= 15 is 0 Å². The summed E-state index contributed by atoms with van der Waals surface area (Å²) in [5, 5.41) is 11.1. The molecule has 0 aliphatic carbocycles. The van der Waals surface area contributed by atoms with Crippen molar-refractivity contribution in [3.05, 3.63) is 36.0 Å². The topological polar surface area (TPSA) is 71.6 Å². The lowest BCUT2D eigenvalue weighted by Gasteiger charge is -2.37. The van der Waals surface area contributed by atoms with E-state index in [1.54, 1.807) is 7.11 Å². The van der Waals surface area contributed by atoms with E-state index in [4.69, 9.17) is 14.2 Å². The summed E-state index contributed by atoms with van der Waals surface area (Å²) in [6, 6.07) is 8.55. The van der Waals surface area contributed by atoms with Gasteiger partial charge in [-0.25, -0.2) is 0 Å². The maximum atomic E-state index is 5.67. The van der Waals surface area contributed by atoms with E-state index in [2.05, 4.69) is 32.5 Å². The van der Waals surface area contributed by atoms with Crippen molar-refractivity contribution in [2.24, 2.45) is 5.92 Å². The number of morpholine rings is 1. The Morgan fingerprint density at radius 2 is 2.04 bits per heavy atom. The van der Waals surface area contributed by atoms with Crippen molar-refractivity contribution in [2.45, 2.75) is 19.0 Å². The number of hydrogen-bond donors (Lipinski definition) is 2. The molecule has 0 saturated carbocycles. The number of rotatable bonds is 8. The van der Waals surface area contributed by atoms with Gasteiger partial charge in [0.1, 0.15) is 5.75 Å². The van der Waals surface area contributed by atoms with E-state index in [1.165, 1.54) is 5.56 Å². The maximum absolute atomic E-state index is 5.67. The normalized spacial score (nSPS) is 21.7. The van der Waals surface area contributed by atoms with Gasteiger partial charge in [0.05, 0.1) is 38.8 Å². The Labute approximate surface area is 166 Å². The fraction of sp³-hybridized carbons (Fsp3) is 0.571. The summed E-state index contributed by atoms with van der Waals surface area (Å²) >= 11 is 0. The molecule has 7 nitrogen and oxygen atoms in total. The Hall–Kier alpha value is -1.93. The summed E-state index contributed by atoms with van der Waals surface area (Å²) in [6.07, 6.45) is 3.06. The third-order valence-electron chi connectivity index (χ3n) is 5.79. The molecule has 2 N–H and O–H groups in total. The average molecular weight is 386 g/mol. The number of H-pyrrole nitrogens is 1. The highest BCUT2D eigenvalue weighted by molar-refractivity contribution is 5.63. The Morgan fingerprint density at radius 1 is 1.21 bits per heavy atom. The Kier molecular flexibility index (Phi) is 6.59. The zero-order chi connectivity index (χ0) is 19.2. The molecule has 0 unspecified atom stereocenters. The van der Waals surface area contributed by atoms with Crippen LogP contribution in [0.2, 0.25) is 0 Å². The SMILES string of the molecule is COc1ccc(-c2[nH]ncc2CNC[C@H]([C@@H]2CCOC2)N2CCOCC2)cc1. The molecule has 28 heavy (non-hydrogen) atoms. The average Bonchev–Trinajstić information content (AvgIpc) is 3.44. The first kappa shape index (κ1) is 19.4. The second kappa shape index (κ2) is 9.52. The molecule has 1 aromatic carbocycles. The van der Waals surface area contributed by atoms with E-state index in [1.807, 2.05) is 18.3 Å². The van der Waals surface area contributed by atoms with Gasteiger partial charge in [-0.05, 0) is 30.7 Å². The van der Waals surface area contributed by atoms with Crippen molar-refractivity contribution in [1.29, 1.82) is 0 Å². The van der Waals surface area contributed by atoms with Crippen LogP contribution in [0.3, 0.4) is 0 Å². The first-order chi connectivity index (χ1) is 13.8. The van der Waals surface area contributed by atoms with Crippen LogP contribution in [0, 0.1) is 5.92 Å². The third kappa shape index (κ3) is 4.55. The number of nitrogens with zero attached hydrogens (tertiary/aromatic N) is 2. The maximum Gasteiger partial charge on any atom is 0.118 e. The molecule has 0 radical (unpaired) electrons. The van der Waals surface area contributed by atoms with E-state index in [9.17, 15) is 0 Å². The number of ether oxygens (including phenoxy) is 3. The summed E-state index contributed by atoms with van der Waals surface area (Å²) in [6.45, 7) is 7.15. The van der Waals surface area contributed by atoms with E-state index < -0.39 is 0 Å². The van der Waals surface area contributed by atoms with Gasteiger partial charge in [-0.3, -0.25) is 10.00 Å². The fourth-order valence-corrected chi connectivity index (χ4v) is 4.17. The van der Waals surface area contributed by atoms with Crippen LogP contribution in [0.5, 0.6) is 5.75 Å². The van der Waals surface area contributed by atoms with Crippen molar-refractivity contribution in [3.63, 3.8) is 0 Å². The molecule has 2 aliphatic heterocycles. The van der Waals surface area contributed by atoms with Gasteiger partial charge in [-0.1, -0.05) is 0 Å². The van der Waals surface area contributed by atoms with Gasteiger partial charge in [-0.2, -0.15) is 5.10 Å². The predicted octanol–water partition coefficient (Wildman–Crippen LogP) is 1.91. The number of nitrogens with one attached hydrogen (secondary N) is 2. The summed E-state index contributed by atoms with van der Waals surface area (Å²) in [5.74, 6) is 1.45. The number of aromatic amines is 1. The van der Waals surface area contributed by atoms with Gasteiger partial charge in [0.15, 0.2) is 0 Å². The molecular formula is C21H30N4O3. The lowest BCUT2D eigenvalue weighted by molar-refractivity contribution is 0.00137. The Morgan fingerprint density at radius 3 is 2.75 bits per heavy atom. The number of methoxy groups -OCH3 is 1. The minimum Gasteiger partial charge on any atom is -0.497 e. The van der Waals surface area contributed by atoms with Crippen molar-refractivity contribution >= 4 is 0 Å². The second-order valence-corrected chi connectivity index (χ2v) is 7.47. The Bertz CT molecular complexity index is 722. The van der Waals surface area contributed by atoms with Crippen molar-refractivity contribution in [1.82, 2.24) is 20.4 Å². The summed E-state index contributed by atoms with van der Waals surface area (Å²) in [5.41, 5.74) is 3.35. The molecule has 2 aliphatic rings. The van der Waals surface area contributed by atoms with Crippen LogP contribution in [0.25, 0.3) is 11.3 Å². The van der Waals surface area contributed by atoms with Gasteiger partial charge in [0.2, 0.25) is 0 Å². The molecule has 0 amide bonds.